The summed E-state index contributed by atoms with van der Waals surface area (Å²) in [7, 11) is 0. The van der Waals surface area contributed by atoms with Crippen LogP contribution in [0.2, 0.25) is 0 Å². The third kappa shape index (κ3) is 4.65. The molecule has 1 fully saturated rings. The van der Waals surface area contributed by atoms with E-state index in [1.54, 1.807) is 0 Å². The van der Waals surface area contributed by atoms with E-state index in [1.807, 2.05) is 0 Å². The Morgan fingerprint density at radius 3 is 2.80 bits per heavy atom. The van der Waals surface area contributed by atoms with Crippen molar-refractivity contribution in [3.63, 3.8) is 0 Å². The molecular weight excluding hydrogens is 188 g/mol. The van der Waals surface area contributed by atoms with Gasteiger partial charge in [-0.1, -0.05) is 6.92 Å². The van der Waals surface area contributed by atoms with Crippen LogP contribution in [0.15, 0.2) is 0 Å². The smallest absolute Gasteiger partial charge is 0.220 e. The van der Waals surface area contributed by atoms with Crippen molar-refractivity contribution in [3.8, 4) is 0 Å². The van der Waals surface area contributed by atoms with Crippen molar-refractivity contribution < 1.29 is 4.79 Å². The predicted molar refractivity (Wildman–Crippen MR) is 62.7 cm³/mol. The second-order valence-electron chi connectivity index (χ2n) is 5.20. The summed E-state index contributed by atoms with van der Waals surface area (Å²) in [6, 6.07) is 0. The molecule has 1 amide bonds. The zero-order chi connectivity index (χ0) is 11.3. The number of hydrogen-bond acceptors (Lipinski definition) is 2. The Labute approximate surface area is 93.0 Å². The Kier molecular flexibility index (Phi) is 4.58. The lowest BCUT2D eigenvalue weighted by Gasteiger charge is -2.27. The molecular formula is C12H24N2O. The van der Waals surface area contributed by atoms with Gasteiger partial charge in [0.05, 0.1) is 0 Å². The van der Waals surface area contributed by atoms with E-state index < -0.39 is 0 Å². The summed E-state index contributed by atoms with van der Waals surface area (Å²) in [5, 5.41) is 6.42. The SMILES string of the molecule is CCC(C)(C)NC(=O)CC1CCCNC1. The van der Waals surface area contributed by atoms with Crippen LogP contribution in [0.5, 0.6) is 0 Å². The van der Waals surface area contributed by atoms with Crippen molar-refractivity contribution in [2.75, 3.05) is 13.1 Å². The van der Waals surface area contributed by atoms with Crippen molar-refractivity contribution in [2.24, 2.45) is 5.92 Å². The van der Waals surface area contributed by atoms with Gasteiger partial charge in [-0.15, -0.1) is 0 Å². The Hall–Kier alpha value is -0.570. The molecule has 15 heavy (non-hydrogen) atoms. The third-order valence-electron chi connectivity index (χ3n) is 3.23. The molecule has 88 valence electrons. The summed E-state index contributed by atoms with van der Waals surface area (Å²) < 4.78 is 0. The average Bonchev–Trinajstić information content (AvgIpc) is 2.18. The molecule has 1 aliphatic rings. The lowest BCUT2D eigenvalue weighted by Crippen LogP contribution is -2.44. The molecule has 3 nitrogen and oxygen atoms in total. The maximum Gasteiger partial charge on any atom is 0.220 e. The first kappa shape index (κ1) is 12.5. The number of piperidine rings is 1. The number of hydrogen-bond donors (Lipinski definition) is 2. The summed E-state index contributed by atoms with van der Waals surface area (Å²) in [6.45, 7) is 8.36. The van der Waals surface area contributed by atoms with E-state index in [-0.39, 0.29) is 11.4 Å². The van der Waals surface area contributed by atoms with Crippen molar-refractivity contribution in [1.29, 1.82) is 0 Å². The van der Waals surface area contributed by atoms with Crippen LogP contribution >= 0.6 is 0 Å². The summed E-state index contributed by atoms with van der Waals surface area (Å²) in [5.41, 5.74) is -0.0564. The topological polar surface area (TPSA) is 41.1 Å². The van der Waals surface area contributed by atoms with Crippen molar-refractivity contribution in [2.45, 2.75) is 52.0 Å². The van der Waals surface area contributed by atoms with Crippen LogP contribution in [-0.4, -0.2) is 24.5 Å². The molecule has 0 radical (unpaired) electrons. The van der Waals surface area contributed by atoms with Gasteiger partial charge in [-0.3, -0.25) is 4.79 Å². The van der Waals surface area contributed by atoms with E-state index in [0.29, 0.717) is 12.3 Å². The van der Waals surface area contributed by atoms with Gasteiger partial charge in [-0.05, 0) is 52.1 Å². The first-order valence-electron chi connectivity index (χ1n) is 6.05. The van der Waals surface area contributed by atoms with Gasteiger partial charge >= 0.3 is 0 Å². The van der Waals surface area contributed by atoms with Gasteiger partial charge in [0.25, 0.3) is 0 Å². The lowest BCUT2D eigenvalue weighted by molar-refractivity contribution is -0.123. The van der Waals surface area contributed by atoms with E-state index >= 15 is 0 Å². The fourth-order valence-electron chi connectivity index (χ4n) is 1.88. The summed E-state index contributed by atoms with van der Waals surface area (Å²) in [4.78, 5) is 11.7. The van der Waals surface area contributed by atoms with Crippen LogP contribution in [-0.2, 0) is 4.79 Å². The number of amides is 1. The fourth-order valence-corrected chi connectivity index (χ4v) is 1.88. The highest BCUT2D eigenvalue weighted by Crippen LogP contribution is 2.15. The second kappa shape index (κ2) is 5.50. The molecule has 1 rings (SSSR count). The lowest BCUT2D eigenvalue weighted by atomic mass is 9.94. The highest BCUT2D eigenvalue weighted by atomic mass is 16.1. The average molecular weight is 212 g/mol. The molecule has 1 unspecified atom stereocenters. The van der Waals surface area contributed by atoms with Crippen LogP contribution in [0.3, 0.4) is 0 Å². The fraction of sp³-hybridized carbons (Fsp3) is 0.917. The number of carbonyl (C=O) groups excluding carboxylic acids is 1. The Bertz CT molecular complexity index is 208. The molecule has 0 saturated carbocycles. The van der Waals surface area contributed by atoms with E-state index in [2.05, 4.69) is 31.4 Å². The Morgan fingerprint density at radius 1 is 1.53 bits per heavy atom. The third-order valence-corrected chi connectivity index (χ3v) is 3.23. The van der Waals surface area contributed by atoms with Gasteiger partial charge in [0.2, 0.25) is 5.91 Å². The monoisotopic (exact) mass is 212 g/mol. The molecule has 3 heteroatoms. The molecule has 1 heterocycles. The van der Waals surface area contributed by atoms with Crippen molar-refractivity contribution >= 4 is 5.91 Å². The number of rotatable bonds is 4. The summed E-state index contributed by atoms with van der Waals surface area (Å²) in [5.74, 6) is 0.738. The largest absolute Gasteiger partial charge is 0.351 e. The molecule has 0 aromatic carbocycles. The van der Waals surface area contributed by atoms with Gasteiger partial charge in [-0.25, -0.2) is 0 Å². The van der Waals surface area contributed by atoms with E-state index in [1.165, 1.54) is 12.8 Å². The molecule has 0 bridgehead atoms. The highest BCUT2D eigenvalue weighted by Gasteiger charge is 2.21. The van der Waals surface area contributed by atoms with Crippen LogP contribution in [0.4, 0.5) is 0 Å². The van der Waals surface area contributed by atoms with E-state index in [9.17, 15) is 4.79 Å². The minimum absolute atomic E-state index is 0.0564. The molecule has 0 spiro atoms. The van der Waals surface area contributed by atoms with Gasteiger partial charge in [0.15, 0.2) is 0 Å². The van der Waals surface area contributed by atoms with E-state index in [0.717, 1.165) is 19.5 Å². The zero-order valence-corrected chi connectivity index (χ0v) is 10.2. The van der Waals surface area contributed by atoms with Gasteiger partial charge < -0.3 is 10.6 Å². The minimum Gasteiger partial charge on any atom is -0.351 e. The number of carbonyl (C=O) groups is 1. The quantitative estimate of drug-likeness (QED) is 0.744. The van der Waals surface area contributed by atoms with Crippen molar-refractivity contribution in [3.05, 3.63) is 0 Å². The normalized spacial score (nSPS) is 22.5. The second-order valence-corrected chi connectivity index (χ2v) is 5.20. The first-order valence-corrected chi connectivity index (χ1v) is 6.05. The molecule has 2 N–H and O–H groups in total. The van der Waals surface area contributed by atoms with Crippen LogP contribution in [0.25, 0.3) is 0 Å². The number of nitrogens with one attached hydrogen (secondary N) is 2. The van der Waals surface area contributed by atoms with Gasteiger partial charge in [0, 0.05) is 12.0 Å². The molecule has 0 aromatic heterocycles. The standard InChI is InChI=1S/C12H24N2O/c1-4-12(2,3)14-11(15)8-10-6-5-7-13-9-10/h10,13H,4-9H2,1-3H3,(H,14,15). The first-order chi connectivity index (χ1) is 7.03. The Morgan fingerprint density at radius 2 is 2.27 bits per heavy atom. The summed E-state index contributed by atoms with van der Waals surface area (Å²) >= 11 is 0. The zero-order valence-electron chi connectivity index (χ0n) is 10.2. The highest BCUT2D eigenvalue weighted by molar-refractivity contribution is 5.77. The van der Waals surface area contributed by atoms with Crippen molar-refractivity contribution in [1.82, 2.24) is 10.6 Å². The molecule has 1 saturated heterocycles. The predicted octanol–water partition coefficient (Wildman–Crippen LogP) is 1.68. The Balaban J connectivity index is 2.28. The maximum atomic E-state index is 11.7. The van der Waals surface area contributed by atoms with E-state index in [4.69, 9.17) is 0 Å². The molecule has 0 aromatic rings. The van der Waals surface area contributed by atoms with Crippen LogP contribution in [0, 0.1) is 5.92 Å². The minimum atomic E-state index is -0.0564. The van der Waals surface area contributed by atoms with Gasteiger partial charge in [-0.2, -0.15) is 0 Å². The van der Waals surface area contributed by atoms with Crippen LogP contribution in [0.1, 0.15) is 46.5 Å². The maximum absolute atomic E-state index is 11.7. The molecule has 1 atom stereocenters. The molecule has 1 aliphatic heterocycles. The summed E-state index contributed by atoms with van der Waals surface area (Å²) in [6.07, 6.45) is 4.04. The molecule has 0 aliphatic carbocycles. The van der Waals surface area contributed by atoms with Crippen LogP contribution < -0.4 is 10.6 Å². The van der Waals surface area contributed by atoms with Gasteiger partial charge in [0.1, 0.15) is 0 Å².